The summed E-state index contributed by atoms with van der Waals surface area (Å²) < 4.78 is 10.7. The first-order valence-corrected chi connectivity index (χ1v) is 12.3. The Balaban J connectivity index is 1.60. The lowest BCUT2D eigenvalue weighted by Crippen LogP contribution is -2.49. The second-order valence-corrected chi connectivity index (χ2v) is 8.66. The predicted molar refractivity (Wildman–Crippen MR) is 139 cm³/mol. The van der Waals surface area contributed by atoms with Crippen molar-refractivity contribution in [1.82, 2.24) is 19.8 Å². The van der Waals surface area contributed by atoms with Crippen molar-refractivity contribution in [2.75, 3.05) is 71.5 Å². The van der Waals surface area contributed by atoms with Crippen LogP contribution < -0.4 is 9.64 Å². The van der Waals surface area contributed by atoms with Crippen molar-refractivity contribution in [3.8, 4) is 17.1 Å². The lowest BCUT2D eigenvalue weighted by Gasteiger charge is -2.34. The highest BCUT2D eigenvalue weighted by molar-refractivity contribution is 5.91. The Hall–Kier alpha value is -3.23. The van der Waals surface area contributed by atoms with Gasteiger partial charge in [-0.3, -0.25) is 4.79 Å². The Morgan fingerprint density at radius 3 is 2.40 bits per heavy atom. The van der Waals surface area contributed by atoms with Gasteiger partial charge < -0.3 is 24.2 Å². The van der Waals surface area contributed by atoms with E-state index >= 15 is 0 Å². The molecule has 0 unspecified atom stereocenters. The molecule has 186 valence electrons. The van der Waals surface area contributed by atoms with Crippen LogP contribution in [0, 0.1) is 0 Å². The zero-order chi connectivity index (χ0) is 24.6. The molecule has 2 heterocycles. The van der Waals surface area contributed by atoms with Gasteiger partial charge in [0.25, 0.3) is 0 Å². The summed E-state index contributed by atoms with van der Waals surface area (Å²) in [5.74, 6) is 2.44. The minimum absolute atomic E-state index is 0.192. The third-order valence-electron chi connectivity index (χ3n) is 6.56. The van der Waals surface area contributed by atoms with Gasteiger partial charge >= 0.3 is 0 Å². The average Bonchev–Trinajstić information content (AvgIpc) is 2.92. The maximum absolute atomic E-state index is 13.0. The number of para-hydroxylation sites is 1. The fourth-order valence-electron chi connectivity index (χ4n) is 4.40. The molecule has 35 heavy (non-hydrogen) atoms. The minimum atomic E-state index is 0.192. The number of anilines is 1. The molecule has 1 aliphatic rings. The molecule has 2 aromatic carbocycles. The molecule has 4 rings (SSSR count). The number of hydrogen-bond donors (Lipinski definition) is 0. The van der Waals surface area contributed by atoms with Crippen molar-refractivity contribution in [1.29, 1.82) is 0 Å². The molecule has 8 nitrogen and oxygen atoms in total. The molecule has 1 saturated heterocycles. The van der Waals surface area contributed by atoms with Crippen LogP contribution in [0.25, 0.3) is 22.3 Å². The third kappa shape index (κ3) is 6.07. The Labute approximate surface area is 207 Å². The van der Waals surface area contributed by atoms with Gasteiger partial charge in [-0.05, 0) is 42.9 Å². The van der Waals surface area contributed by atoms with Gasteiger partial charge in [0.1, 0.15) is 11.6 Å². The van der Waals surface area contributed by atoms with Gasteiger partial charge in [0.15, 0.2) is 5.82 Å². The van der Waals surface area contributed by atoms with Crippen LogP contribution in [0.2, 0.25) is 0 Å². The van der Waals surface area contributed by atoms with Gasteiger partial charge in [0.05, 0.1) is 19.2 Å². The van der Waals surface area contributed by atoms with Crippen molar-refractivity contribution in [3.05, 3.63) is 48.5 Å². The van der Waals surface area contributed by atoms with E-state index in [1.165, 1.54) is 0 Å². The van der Waals surface area contributed by atoms with Crippen molar-refractivity contribution in [2.45, 2.75) is 13.3 Å². The highest BCUT2D eigenvalue weighted by Crippen LogP contribution is 2.28. The lowest BCUT2D eigenvalue weighted by atomic mass is 10.1. The number of methoxy groups -OCH3 is 2. The Kier molecular flexibility index (Phi) is 8.50. The van der Waals surface area contributed by atoms with E-state index in [-0.39, 0.29) is 5.91 Å². The van der Waals surface area contributed by atoms with E-state index in [9.17, 15) is 4.79 Å². The van der Waals surface area contributed by atoms with E-state index in [0.717, 1.165) is 60.8 Å². The van der Waals surface area contributed by atoms with Crippen LogP contribution in [-0.2, 0) is 9.53 Å². The van der Waals surface area contributed by atoms with Gasteiger partial charge in [0.2, 0.25) is 5.91 Å². The number of benzene rings is 2. The minimum Gasteiger partial charge on any atom is -0.497 e. The molecular formula is C27H35N5O3. The smallest absolute Gasteiger partial charge is 0.224 e. The number of hydrogen-bond acceptors (Lipinski definition) is 7. The van der Waals surface area contributed by atoms with Crippen LogP contribution in [0.15, 0.2) is 48.5 Å². The summed E-state index contributed by atoms with van der Waals surface area (Å²) >= 11 is 0. The van der Waals surface area contributed by atoms with Crippen LogP contribution in [0.5, 0.6) is 5.75 Å². The van der Waals surface area contributed by atoms with Gasteiger partial charge in [0, 0.05) is 63.7 Å². The van der Waals surface area contributed by atoms with Crippen molar-refractivity contribution in [3.63, 3.8) is 0 Å². The largest absolute Gasteiger partial charge is 0.497 e. The number of aromatic nitrogens is 2. The Bertz CT molecular complexity index is 1110. The van der Waals surface area contributed by atoms with Crippen LogP contribution in [0.1, 0.15) is 13.3 Å². The van der Waals surface area contributed by atoms with Crippen LogP contribution >= 0.6 is 0 Å². The summed E-state index contributed by atoms with van der Waals surface area (Å²) in [7, 11) is 3.34. The number of rotatable bonds is 10. The topological polar surface area (TPSA) is 71.0 Å². The van der Waals surface area contributed by atoms with E-state index in [1.807, 2.05) is 53.4 Å². The number of nitrogens with zero attached hydrogens (tertiary/aromatic N) is 5. The number of likely N-dealkylation sites (N-methyl/N-ethyl adjacent to an activating group) is 1. The summed E-state index contributed by atoms with van der Waals surface area (Å²) in [6, 6.07) is 15.8. The zero-order valence-electron chi connectivity index (χ0n) is 20.9. The molecule has 0 N–H and O–H groups in total. The average molecular weight is 478 g/mol. The van der Waals surface area contributed by atoms with Gasteiger partial charge in [-0.25, -0.2) is 9.97 Å². The van der Waals surface area contributed by atoms with E-state index in [0.29, 0.717) is 31.9 Å². The monoisotopic (exact) mass is 477 g/mol. The molecule has 0 atom stereocenters. The van der Waals surface area contributed by atoms with E-state index in [1.54, 1.807) is 14.2 Å². The van der Waals surface area contributed by atoms with Crippen LogP contribution in [0.3, 0.4) is 0 Å². The van der Waals surface area contributed by atoms with Gasteiger partial charge in [-0.2, -0.15) is 0 Å². The second kappa shape index (κ2) is 12.0. The molecule has 3 aromatic rings. The maximum atomic E-state index is 13.0. The Morgan fingerprint density at radius 2 is 1.71 bits per heavy atom. The lowest BCUT2D eigenvalue weighted by molar-refractivity contribution is -0.132. The highest BCUT2D eigenvalue weighted by atomic mass is 16.5. The summed E-state index contributed by atoms with van der Waals surface area (Å²) in [6.07, 6.45) is 0.437. The third-order valence-corrected chi connectivity index (χ3v) is 6.56. The normalized spacial score (nSPS) is 14.3. The number of ether oxygens (including phenoxy) is 2. The van der Waals surface area contributed by atoms with Crippen LogP contribution in [0.4, 0.5) is 5.82 Å². The van der Waals surface area contributed by atoms with E-state index in [4.69, 9.17) is 19.4 Å². The molecule has 0 saturated carbocycles. The molecule has 0 aliphatic carbocycles. The summed E-state index contributed by atoms with van der Waals surface area (Å²) in [4.78, 5) is 29.3. The Morgan fingerprint density at radius 1 is 0.971 bits per heavy atom. The number of carbonyl (C=O) groups excluding carboxylic acids is 1. The van der Waals surface area contributed by atoms with Crippen LogP contribution in [-0.4, -0.2) is 92.3 Å². The molecule has 0 radical (unpaired) electrons. The standard InChI is InChI=1S/C27H35N5O3/c1-4-30-15-17-31(18-16-30)25(33)13-14-32(19-20-34-2)27-23-7-5-6-8-24(23)28-26(29-27)21-9-11-22(35-3)12-10-21/h5-12H,4,13-20H2,1-3H3. The number of carbonyl (C=O) groups is 1. The molecule has 1 fully saturated rings. The SMILES string of the molecule is CCN1CCN(C(=O)CCN(CCOC)c2nc(-c3ccc(OC)cc3)nc3ccccc23)CC1. The fourth-order valence-corrected chi connectivity index (χ4v) is 4.40. The quantitative estimate of drug-likeness (QED) is 0.444. The number of amides is 1. The highest BCUT2D eigenvalue weighted by Gasteiger charge is 2.22. The summed E-state index contributed by atoms with van der Waals surface area (Å²) in [6.45, 7) is 8.41. The first-order valence-electron chi connectivity index (χ1n) is 12.3. The maximum Gasteiger partial charge on any atom is 0.224 e. The molecule has 0 spiro atoms. The van der Waals surface area contributed by atoms with Gasteiger partial charge in [-0.1, -0.05) is 19.1 Å². The predicted octanol–water partition coefficient (Wildman–Crippen LogP) is 3.31. The van der Waals surface area contributed by atoms with Gasteiger partial charge in [-0.15, -0.1) is 0 Å². The molecule has 0 bridgehead atoms. The first-order chi connectivity index (χ1) is 17.1. The fraction of sp³-hybridized carbons (Fsp3) is 0.444. The van der Waals surface area contributed by atoms with Crippen molar-refractivity contribution < 1.29 is 14.3 Å². The van der Waals surface area contributed by atoms with E-state index in [2.05, 4.69) is 16.7 Å². The zero-order valence-corrected chi connectivity index (χ0v) is 20.9. The molecule has 1 aromatic heterocycles. The number of fused-ring (bicyclic) bond motifs is 1. The molecule has 1 aliphatic heterocycles. The summed E-state index contributed by atoms with van der Waals surface area (Å²) in [5, 5.41) is 0.963. The molecule has 8 heteroatoms. The second-order valence-electron chi connectivity index (χ2n) is 8.66. The molecule has 1 amide bonds. The van der Waals surface area contributed by atoms with E-state index < -0.39 is 0 Å². The number of piperazine rings is 1. The molecular weight excluding hydrogens is 442 g/mol. The van der Waals surface area contributed by atoms with Crippen molar-refractivity contribution in [2.24, 2.45) is 0 Å². The van der Waals surface area contributed by atoms with Crippen molar-refractivity contribution >= 4 is 22.6 Å². The first kappa shape index (κ1) is 24.9. The summed E-state index contributed by atoms with van der Waals surface area (Å²) in [5.41, 5.74) is 1.78.